The molecule has 0 fully saturated rings. The molecule has 0 amide bonds. The smallest absolute Gasteiger partial charge is 0.320 e. The highest BCUT2D eigenvalue weighted by Crippen LogP contribution is 2.29. The number of rotatable bonds is 5. The maximum atomic E-state index is 11.4. The van der Waals surface area contributed by atoms with Crippen molar-refractivity contribution in [1.29, 1.82) is 0 Å². The minimum Gasteiger partial charge on any atom is -0.497 e. The summed E-state index contributed by atoms with van der Waals surface area (Å²) in [6, 6.07) is 6.25. The first-order chi connectivity index (χ1) is 8.63. The summed E-state index contributed by atoms with van der Waals surface area (Å²) in [5.41, 5.74) is 9.26. The first-order valence-corrected chi connectivity index (χ1v) is 5.95. The van der Waals surface area contributed by atoms with Gasteiger partial charge in [-0.05, 0) is 23.2 Å². The predicted octanol–water partition coefficient (Wildman–Crippen LogP) is 2.98. The van der Waals surface area contributed by atoms with Gasteiger partial charge in [-0.25, -0.2) is 0 Å². The molecule has 0 aliphatic carbocycles. The third kappa shape index (κ3) is 3.38. The number of esters is 1. The van der Waals surface area contributed by atoms with Crippen molar-refractivity contribution in [1.82, 2.24) is 0 Å². The lowest BCUT2D eigenvalue weighted by Crippen LogP contribution is -2.22. The van der Waals surface area contributed by atoms with E-state index in [4.69, 9.17) is 10.3 Å². The van der Waals surface area contributed by atoms with Crippen molar-refractivity contribution in [2.24, 2.45) is 5.11 Å². The van der Waals surface area contributed by atoms with Gasteiger partial charge in [0.1, 0.15) is 10.6 Å². The van der Waals surface area contributed by atoms with Crippen LogP contribution >= 0.6 is 15.9 Å². The van der Waals surface area contributed by atoms with Crippen LogP contribution in [0.25, 0.3) is 10.4 Å². The van der Waals surface area contributed by atoms with Gasteiger partial charge in [-0.3, -0.25) is 4.79 Å². The minimum atomic E-state index is -0.730. The number of nitrogens with zero attached hydrogens (tertiary/aromatic N) is 3. The first-order valence-electron chi connectivity index (χ1n) is 5.04. The Morgan fingerprint density at radius 1 is 1.39 bits per heavy atom. The summed E-state index contributed by atoms with van der Waals surface area (Å²) in [5, 5.41) is 3.61. The maximum Gasteiger partial charge on any atom is 0.320 e. The van der Waals surface area contributed by atoms with E-state index < -0.39 is 16.8 Å². The summed E-state index contributed by atoms with van der Waals surface area (Å²) in [6.45, 7) is 0. The molecule has 0 bridgehead atoms. The second kappa shape index (κ2) is 6.88. The van der Waals surface area contributed by atoms with Crippen LogP contribution in [0, 0.1) is 0 Å². The van der Waals surface area contributed by atoms with E-state index in [0.717, 1.165) is 0 Å². The van der Waals surface area contributed by atoms with Gasteiger partial charge >= 0.3 is 5.97 Å². The number of methoxy groups -OCH3 is 2. The number of hydrogen-bond acceptors (Lipinski definition) is 4. The maximum absolute atomic E-state index is 11.4. The number of halogens is 1. The highest BCUT2D eigenvalue weighted by atomic mass is 79.9. The lowest BCUT2D eigenvalue weighted by molar-refractivity contribution is -0.140. The fourth-order valence-electron chi connectivity index (χ4n) is 1.39. The third-order valence-corrected chi connectivity index (χ3v) is 3.21. The number of ether oxygens (including phenoxy) is 2. The van der Waals surface area contributed by atoms with Gasteiger partial charge < -0.3 is 9.47 Å². The molecule has 0 saturated carbocycles. The molecule has 0 radical (unpaired) electrons. The molecule has 7 heteroatoms. The molecule has 18 heavy (non-hydrogen) atoms. The molecule has 2 atom stereocenters. The summed E-state index contributed by atoms with van der Waals surface area (Å²) in [5.74, 6) is 0.186. The van der Waals surface area contributed by atoms with Gasteiger partial charge in [-0.1, -0.05) is 33.2 Å². The van der Waals surface area contributed by atoms with Gasteiger partial charge in [0.05, 0.1) is 20.3 Å². The van der Waals surface area contributed by atoms with Gasteiger partial charge in [0.15, 0.2) is 0 Å². The molecule has 6 nitrogen and oxygen atoms in total. The number of carbonyl (C=O) groups excluding carboxylic acids is 1. The molecule has 0 spiro atoms. The number of alkyl halides is 1. The van der Waals surface area contributed by atoms with Crippen molar-refractivity contribution < 1.29 is 14.3 Å². The molecule has 0 heterocycles. The van der Waals surface area contributed by atoms with Crippen molar-refractivity contribution in [2.45, 2.75) is 10.9 Å². The molecule has 0 aliphatic rings. The molecule has 1 aromatic carbocycles. The van der Waals surface area contributed by atoms with Gasteiger partial charge in [0.2, 0.25) is 0 Å². The Balaban J connectivity index is 3.03. The summed E-state index contributed by atoms with van der Waals surface area (Å²) >= 11 is 3.17. The normalized spacial score (nSPS) is 13.1. The largest absolute Gasteiger partial charge is 0.497 e. The molecule has 0 saturated heterocycles. The Kier molecular flexibility index (Phi) is 5.48. The van der Waals surface area contributed by atoms with Crippen molar-refractivity contribution in [2.75, 3.05) is 14.2 Å². The number of carbonyl (C=O) groups is 1. The van der Waals surface area contributed by atoms with E-state index >= 15 is 0 Å². The van der Waals surface area contributed by atoms with Gasteiger partial charge in [-0.2, -0.15) is 0 Å². The molecule has 0 aliphatic heterocycles. The average Bonchev–Trinajstić information content (AvgIpc) is 2.43. The molecular weight excluding hydrogens is 302 g/mol. The van der Waals surface area contributed by atoms with Gasteiger partial charge in [-0.15, -0.1) is 0 Å². The monoisotopic (exact) mass is 313 g/mol. The molecule has 1 aromatic rings. The zero-order valence-electron chi connectivity index (χ0n) is 9.91. The Morgan fingerprint density at radius 2 is 2.00 bits per heavy atom. The van der Waals surface area contributed by atoms with Crippen LogP contribution < -0.4 is 4.74 Å². The second-order valence-corrected chi connectivity index (χ2v) is 4.33. The lowest BCUT2D eigenvalue weighted by atomic mass is 10.0. The van der Waals surface area contributed by atoms with Crippen LogP contribution in [-0.4, -0.2) is 25.0 Å². The molecule has 0 aromatic heterocycles. The average molecular weight is 314 g/mol. The van der Waals surface area contributed by atoms with E-state index in [1.807, 2.05) is 0 Å². The van der Waals surface area contributed by atoms with Gasteiger partial charge in [0.25, 0.3) is 0 Å². The molecule has 0 unspecified atom stereocenters. The first kappa shape index (κ1) is 14.3. The summed E-state index contributed by atoms with van der Waals surface area (Å²) in [4.78, 5) is 13.5. The Bertz CT molecular complexity index is 457. The van der Waals surface area contributed by atoms with Crippen LogP contribution in [0.2, 0.25) is 0 Å². The molecular formula is C11H12BrN3O3. The van der Waals surface area contributed by atoms with E-state index in [1.165, 1.54) is 7.11 Å². The van der Waals surface area contributed by atoms with E-state index in [9.17, 15) is 4.79 Å². The Morgan fingerprint density at radius 3 is 2.44 bits per heavy atom. The number of hydrogen-bond donors (Lipinski definition) is 0. The predicted molar refractivity (Wildman–Crippen MR) is 69.6 cm³/mol. The third-order valence-electron chi connectivity index (χ3n) is 2.34. The fourth-order valence-corrected chi connectivity index (χ4v) is 1.99. The van der Waals surface area contributed by atoms with Crippen molar-refractivity contribution >= 4 is 21.9 Å². The van der Waals surface area contributed by atoms with Crippen LogP contribution in [0.5, 0.6) is 5.75 Å². The number of azide groups is 1. The van der Waals surface area contributed by atoms with E-state index in [1.54, 1.807) is 31.4 Å². The van der Waals surface area contributed by atoms with Gasteiger partial charge in [0, 0.05) is 4.91 Å². The van der Waals surface area contributed by atoms with Crippen LogP contribution in [0.15, 0.2) is 29.4 Å². The standard InChI is InChI=1S/C11H12BrN3O3/c1-17-8-5-3-7(4-6-8)10(14-15-13)9(12)11(16)18-2/h3-6,9-10H,1-2H3/t9-,10-/m0/s1. The van der Waals surface area contributed by atoms with Crippen molar-refractivity contribution in [3.8, 4) is 5.75 Å². The van der Waals surface area contributed by atoms with Crippen LogP contribution in [-0.2, 0) is 9.53 Å². The van der Waals surface area contributed by atoms with Crippen molar-refractivity contribution in [3.63, 3.8) is 0 Å². The van der Waals surface area contributed by atoms with E-state index in [-0.39, 0.29) is 0 Å². The molecule has 96 valence electrons. The minimum absolute atomic E-state index is 0.497. The fraction of sp³-hybridized carbons (Fsp3) is 0.364. The lowest BCUT2D eigenvalue weighted by Gasteiger charge is -2.16. The summed E-state index contributed by atoms with van der Waals surface area (Å²) in [7, 11) is 2.83. The van der Waals surface area contributed by atoms with E-state index in [0.29, 0.717) is 11.3 Å². The topological polar surface area (TPSA) is 84.3 Å². The zero-order chi connectivity index (χ0) is 13.5. The van der Waals surface area contributed by atoms with Crippen LogP contribution in [0.1, 0.15) is 11.6 Å². The number of benzene rings is 1. The van der Waals surface area contributed by atoms with Crippen LogP contribution in [0.3, 0.4) is 0 Å². The summed E-state index contributed by atoms with van der Waals surface area (Å²) in [6.07, 6.45) is 0. The molecule has 1 rings (SSSR count). The summed E-state index contributed by atoms with van der Waals surface area (Å²) < 4.78 is 9.64. The SMILES string of the molecule is COC(=O)[C@@H](Br)[C@@H](N=[N+]=[N-])c1ccc(OC)cc1. The quantitative estimate of drug-likeness (QED) is 0.275. The van der Waals surface area contributed by atoms with E-state index in [2.05, 4.69) is 30.7 Å². The highest BCUT2D eigenvalue weighted by Gasteiger charge is 2.27. The Hall–Kier alpha value is -1.72. The second-order valence-electron chi connectivity index (χ2n) is 3.35. The highest BCUT2D eigenvalue weighted by molar-refractivity contribution is 9.10. The van der Waals surface area contributed by atoms with Crippen molar-refractivity contribution in [3.05, 3.63) is 40.3 Å². The van der Waals surface area contributed by atoms with Crippen LogP contribution in [0.4, 0.5) is 0 Å². The molecule has 0 N–H and O–H groups in total. The zero-order valence-corrected chi connectivity index (χ0v) is 11.5. The Labute approximate surface area is 113 Å².